The maximum Gasteiger partial charge on any atom is 0.217 e. The number of ether oxygens (including phenoxy) is 1. The van der Waals surface area contributed by atoms with Gasteiger partial charge in [0.1, 0.15) is 12.4 Å². The third-order valence-electron chi connectivity index (χ3n) is 3.17. The van der Waals surface area contributed by atoms with Crippen LogP contribution in [0.25, 0.3) is 0 Å². The molecule has 0 N–H and O–H groups in total. The van der Waals surface area contributed by atoms with Gasteiger partial charge in [0.15, 0.2) is 6.17 Å². The van der Waals surface area contributed by atoms with Crippen molar-refractivity contribution in [3.63, 3.8) is 0 Å². The predicted octanol–water partition coefficient (Wildman–Crippen LogP) is 3.08. The van der Waals surface area contributed by atoms with Crippen molar-refractivity contribution >= 4 is 17.3 Å². The quantitative estimate of drug-likeness (QED) is 0.783. The lowest BCUT2D eigenvalue weighted by molar-refractivity contribution is 0.214. The molecule has 0 saturated heterocycles. The molecule has 18 heavy (non-hydrogen) atoms. The van der Waals surface area contributed by atoms with Gasteiger partial charge >= 0.3 is 0 Å². The molecule has 5 heteroatoms. The number of rotatable bonds is 4. The monoisotopic (exact) mass is 263 g/mol. The molecule has 1 unspecified atom stereocenters. The fourth-order valence-corrected chi connectivity index (χ4v) is 2.18. The van der Waals surface area contributed by atoms with Crippen molar-refractivity contribution in [2.75, 3.05) is 13.2 Å². The van der Waals surface area contributed by atoms with Gasteiger partial charge in [-0.15, -0.1) is 5.11 Å². The first-order chi connectivity index (χ1) is 8.63. The van der Waals surface area contributed by atoms with Crippen molar-refractivity contribution in [1.82, 2.24) is 4.90 Å². The minimum absolute atomic E-state index is 0.0950. The van der Waals surface area contributed by atoms with Crippen molar-refractivity contribution in [2.24, 2.45) is 10.2 Å². The molecule has 0 radical (unpaired) electrons. The number of azo groups is 1. The van der Waals surface area contributed by atoms with E-state index in [-0.39, 0.29) is 6.17 Å². The van der Waals surface area contributed by atoms with Gasteiger partial charge in [-0.3, -0.25) is 0 Å². The van der Waals surface area contributed by atoms with E-state index in [2.05, 4.69) is 30.1 Å². The van der Waals surface area contributed by atoms with Crippen molar-refractivity contribution in [2.45, 2.75) is 26.9 Å². The van der Waals surface area contributed by atoms with Gasteiger partial charge < -0.3 is 9.64 Å². The number of hydrogen-bond donors (Lipinski definition) is 0. The number of thiocarbonyl (C=S) groups is 1. The van der Waals surface area contributed by atoms with Gasteiger partial charge in [0.25, 0.3) is 0 Å². The summed E-state index contributed by atoms with van der Waals surface area (Å²) in [4.78, 5) is 1.96. The third kappa shape index (κ3) is 2.51. The standard InChI is InChI=1S/C13H17N3OS/c1-4-16-12(14-15-13(16)18)8-17-11-7-5-6-9(2)10(11)3/h5-7,12H,4,8H2,1-3H3. The second-order valence-electron chi connectivity index (χ2n) is 4.27. The minimum atomic E-state index is -0.0950. The lowest BCUT2D eigenvalue weighted by Crippen LogP contribution is -2.36. The topological polar surface area (TPSA) is 37.2 Å². The van der Waals surface area contributed by atoms with E-state index >= 15 is 0 Å². The molecule has 0 aliphatic carbocycles. The Labute approximate surface area is 113 Å². The van der Waals surface area contributed by atoms with Crippen LogP contribution in [0, 0.1) is 13.8 Å². The van der Waals surface area contributed by atoms with Crippen LogP contribution in [-0.4, -0.2) is 29.3 Å². The van der Waals surface area contributed by atoms with E-state index in [9.17, 15) is 0 Å². The molecule has 0 fully saturated rings. The fraction of sp³-hybridized carbons (Fsp3) is 0.462. The Hall–Kier alpha value is -1.49. The molecule has 0 aromatic heterocycles. The Morgan fingerprint density at radius 2 is 2.17 bits per heavy atom. The summed E-state index contributed by atoms with van der Waals surface area (Å²) >= 11 is 5.10. The molecular weight excluding hydrogens is 246 g/mol. The van der Waals surface area contributed by atoms with Gasteiger partial charge in [-0.25, -0.2) is 0 Å². The normalized spacial score (nSPS) is 18.5. The van der Waals surface area contributed by atoms with Crippen LogP contribution in [0.2, 0.25) is 0 Å². The van der Waals surface area contributed by atoms with Gasteiger partial charge in [0, 0.05) is 6.54 Å². The molecule has 1 atom stereocenters. The highest BCUT2D eigenvalue weighted by atomic mass is 32.1. The van der Waals surface area contributed by atoms with Gasteiger partial charge in [-0.2, -0.15) is 5.11 Å². The van der Waals surface area contributed by atoms with E-state index in [4.69, 9.17) is 17.0 Å². The number of benzene rings is 1. The Kier molecular flexibility index (Phi) is 3.91. The summed E-state index contributed by atoms with van der Waals surface area (Å²) in [5, 5.41) is 8.59. The van der Waals surface area contributed by atoms with Crippen LogP contribution in [0.5, 0.6) is 5.75 Å². The van der Waals surface area contributed by atoms with Crippen LogP contribution in [0.1, 0.15) is 18.1 Å². The summed E-state index contributed by atoms with van der Waals surface area (Å²) in [6.07, 6.45) is -0.0950. The highest BCUT2D eigenvalue weighted by Gasteiger charge is 2.25. The number of nitrogens with zero attached hydrogens (tertiary/aromatic N) is 3. The molecule has 0 bridgehead atoms. The van der Waals surface area contributed by atoms with Crippen LogP contribution in [0.15, 0.2) is 28.4 Å². The second-order valence-corrected chi connectivity index (χ2v) is 4.64. The summed E-state index contributed by atoms with van der Waals surface area (Å²) in [6.45, 7) is 7.44. The first-order valence-corrected chi connectivity index (χ1v) is 6.44. The average Bonchev–Trinajstić information content (AvgIpc) is 2.72. The second kappa shape index (κ2) is 5.44. The zero-order valence-corrected chi connectivity index (χ0v) is 11.7. The Morgan fingerprint density at radius 1 is 1.39 bits per heavy atom. The predicted molar refractivity (Wildman–Crippen MR) is 75.0 cm³/mol. The van der Waals surface area contributed by atoms with E-state index in [1.165, 1.54) is 5.56 Å². The van der Waals surface area contributed by atoms with E-state index in [1.807, 2.05) is 24.0 Å². The smallest absolute Gasteiger partial charge is 0.217 e. The van der Waals surface area contributed by atoms with Crippen molar-refractivity contribution in [3.8, 4) is 5.75 Å². The van der Waals surface area contributed by atoms with Crippen molar-refractivity contribution < 1.29 is 4.74 Å². The highest BCUT2D eigenvalue weighted by Crippen LogP contribution is 2.22. The molecule has 2 rings (SSSR count). The van der Waals surface area contributed by atoms with Crippen LogP contribution < -0.4 is 4.74 Å². The SMILES string of the molecule is CCN1C(=S)N=NC1COc1cccc(C)c1C. The molecule has 0 amide bonds. The molecule has 0 saturated carbocycles. The molecule has 96 valence electrons. The van der Waals surface area contributed by atoms with Gasteiger partial charge in [-0.05, 0) is 50.2 Å². The number of aryl methyl sites for hydroxylation is 1. The van der Waals surface area contributed by atoms with E-state index in [1.54, 1.807) is 0 Å². The molecule has 1 aliphatic heterocycles. The molecule has 4 nitrogen and oxygen atoms in total. The maximum atomic E-state index is 5.83. The lowest BCUT2D eigenvalue weighted by atomic mass is 10.1. The number of hydrogen-bond acceptors (Lipinski definition) is 3. The van der Waals surface area contributed by atoms with Gasteiger partial charge in [0.2, 0.25) is 5.11 Å². The summed E-state index contributed by atoms with van der Waals surface area (Å²) in [6, 6.07) is 6.05. The average molecular weight is 263 g/mol. The van der Waals surface area contributed by atoms with E-state index in [0.29, 0.717) is 11.7 Å². The number of likely N-dealkylation sites (N-methyl/N-ethyl adjacent to an activating group) is 1. The minimum Gasteiger partial charge on any atom is -0.489 e. The van der Waals surface area contributed by atoms with Gasteiger partial charge in [-0.1, -0.05) is 12.1 Å². The first-order valence-electron chi connectivity index (χ1n) is 6.04. The summed E-state index contributed by atoms with van der Waals surface area (Å²) in [5.74, 6) is 0.902. The fourth-order valence-electron chi connectivity index (χ4n) is 1.88. The lowest BCUT2D eigenvalue weighted by Gasteiger charge is -2.21. The van der Waals surface area contributed by atoms with Crippen LogP contribution in [0.4, 0.5) is 0 Å². The molecular formula is C13H17N3OS. The van der Waals surface area contributed by atoms with Gasteiger partial charge in [0.05, 0.1) is 0 Å². The maximum absolute atomic E-state index is 5.83. The summed E-state index contributed by atoms with van der Waals surface area (Å²) in [5.41, 5.74) is 2.39. The van der Waals surface area contributed by atoms with Crippen molar-refractivity contribution in [1.29, 1.82) is 0 Å². The zero-order chi connectivity index (χ0) is 13.1. The van der Waals surface area contributed by atoms with E-state index < -0.39 is 0 Å². The third-order valence-corrected chi connectivity index (χ3v) is 3.48. The first kappa shape index (κ1) is 13.0. The van der Waals surface area contributed by atoms with Crippen LogP contribution in [-0.2, 0) is 0 Å². The molecule has 1 heterocycles. The Bertz CT molecular complexity index is 487. The molecule has 1 aromatic carbocycles. The molecule has 1 aromatic rings. The largest absolute Gasteiger partial charge is 0.489 e. The Morgan fingerprint density at radius 3 is 2.89 bits per heavy atom. The Balaban J connectivity index is 2.02. The zero-order valence-electron chi connectivity index (χ0n) is 10.9. The molecule has 0 spiro atoms. The highest BCUT2D eigenvalue weighted by molar-refractivity contribution is 7.80. The summed E-state index contributed by atoms with van der Waals surface area (Å²) in [7, 11) is 0. The van der Waals surface area contributed by atoms with Crippen molar-refractivity contribution in [3.05, 3.63) is 29.3 Å². The molecule has 1 aliphatic rings. The van der Waals surface area contributed by atoms with E-state index in [0.717, 1.165) is 17.9 Å². The van der Waals surface area contributed by atoms with Crippen LogP contribution >= 0.6 is 12.2 Å². The summed E-state index contributed by atoms with van der Waals surface area (Å²) < 4.78 is 5.83. The van der Waals surface area contributed by atoms with Crippen LogP contribution in [0.3, 0.4) is 0 Å².